The van der Waals surface area contributed by atoms with E-state index in [0.717, 1.165) is 19.3 Å². The molecule has 0 bridgehead atoms. The van der Waals surface area contributed by atoms with E-state index in [0.29, 0.717) is 23.5 Å². The molecule has 0 aromatic heterocycles. The quantitative estimate of drug-likeness (QED) is 0.361. The highest BCUT2D eigenvalue weighted by molar-refractivity contribution is 5.91. The number of phenols is 1. The first-order chi connectivity index (χ1) is 16.7. The summed E-state index contributed by atoms with van der Waals surface area (Å²) in [5.74, 6) is -0.400. The molecule has 3 atom stereocenters. The number of phenolic OH excluding ortho intramolecular Hbond substituents is 1. The number of carbonyl (C=O) groups is 3. The lowest BCUT2D eigenvalue weighted by Crippen LogP contribution is -2.52. The van der Waals surface area contributed by atoms with Gasteiger partial charge in [-0.15, -0.1) is 0 Å². The van der Waals surface area contributed by atoms with Crippen molar-refractivity contribution in [3.63, 3.8) is 0 Å². The van der Waals surface area contributed by atoms with Crippen LogP contribution in [-0.4, -0.2) is 52.1 Å². The van der Waals surface area contributed by atoms with E-state index >= 15 is 0 Å². The average Bonchev–Trinajstić information content (AvgIpc) is 2.75. The predicted octanol–water partition coefficient (Wildman–Crippen LogP) is 5.22. The summed E-state index contributed by atoms with van der Waals surface area (Å²) in [4.78, 5) is 41.0. The molecule has 1 aromatic carbocycles. The van der Waals surface area contributed by atoms with Gasteiger partial charge in [0.25, 0.3) is 0 Å². The summed E-state index contributed by atoms with van der Waals surface area (Å²) in [5.41, 5.74) is 0.266. The zero-order valence-electron chi connectivity index (χ0n) is 23.6. The molecule has 0 saturated carbocycles. The summed E-state index contributed by atoms with van der Waals surface area (Å²) in [6, 6.07) is 3.72. The van der Waals surface area contributed by atoms with E-state index in [9.17, 15) is 19.5 Å². The van der Waals surface area contributed by atoms with Crippen molar-refractivity contribution in [2.75, 3.05) is 6.54 Å². The number of hydrogen-bond donors (Lipinski definition) is 3. The zero-order chi connectivity index (χ0) is 27.6. The normalized spacial score (nSPS) is 14.1. The van der Waals surface area contributed by atoms with E-state index in [1.807, 2.05) is 20.8 Å². The summed E-state index contributed by atoms with van der Waals surface area (Å²) >= 11 is 0. The Morgan fingerprint density at radius 3 is 2.25 bits per heavy atom. The third-order valence-electron chi connectivity index (χ3n) is 5.91. The van der Waals surface area contributed by atoms with Crippen molar-refractivity contribution in [1.29, 1.82) is 0 Å². The Hall–Kier alpha value is -2.77. The number of para-hydroxylation sites is 1. The van der Waals surface area contributed by atoms with Crippen molar-refractivity contribution in [3.8, 4) is 5.75 Å². The van der Waals surface area contributed by atoms with Gasteiger partial charge in [-0.2, -0.15) is 0 Å². The lowest BCUT2D eigenvalue weighted by Gasteiger charge is -2.37. The fourth-order valence-electron chi connectivity index (χ4n) is 4.06. The van der Waals surface area contributed by atoms with Crippen LogP contribution in [0.5, 0.6) is 5.75 Å². The molecule has 0 radical (unpaired) electrons. The lowest BCUT2D eigenvalue weighted by atomic mass is 9.96. The minimum atomic E-state index is -1.06. The van der Waals surface area contributed by atoms with E-state index < -0.39 is 23.6 Å². The van der Waals surface area contributed by atoms with Gasteiger partial charge >= 0.3 is 6.09 Å². The molecule has 1 aromatic rings. The Bertz CT molecular complexity index is 878. The zero-order valence-corrected chi connectivity index (χ0v) is 23.6. The van der Waals surface area contributed by atoms with Crippen LogP contribution in [0.1, 0.15) is 98.2 Å². The molecule has 1 rings (SSSR count). The second kappa shape index (κ2) is 14.1. The van der Waals surface area contributed by atoms with E-state index in [-0.39, 0.29) is 30.3 Å². The summed E-state index contributed by atoms with van der Waals surface area (Å²) in [6.45, 7) is 16.7. The standard InChI is InChI=1S/C28H47N3O5/c1-10-12-20(5)30-26(34)24(22-14-11-13-19(4)25(22)33)31(21(6)16-15-18(2)3)23(32)17-29-27(35)36-28(7,8)9/h11,13-14,18,20-21,24,33H,10,12,15-17H2,1-9H3,(H,29,35)(H,30,34). The molecular formula is C28H47N3O5. The molecule has 0 aliphatic carbocycles. The highest BCUT2D eigenvalue weighted by Crippen LogP contribution is 2.34. The Kier molecular flexibility index (Phi) is 12.2. The van der Waals surface area contributed by atoms with Gasteiger partial charge in [-0.05, 0) is 72.3 Å². The van der Waals surface area contributed by atoms with E-state index in [1.165, 1.54) is 4.90 Å². The minimum Gasteiger partial charge on any atom is -0.507 e. The van der Waals surface area contributed by atoms with Crippen LogP contribution < -0.4 is 10.6 Å². The number of rotatable bonds is 12. The first-order valence-electron chi connectivity index (χ1n) is 13.0. The van der Waals surface area contributed by atoms with Crippen molar-refractivity contribution in [2.24, 2.45) is 5.92 Å². The maximum absolute atomic E-state index is 13.7. The van der Waals surface area contributed by atoms with Crippen molar-refractivity contribution in [1.82, 2.24) is 15.5 Å². The molecule has 3 N–H and O–H groups in total. The van der Waals surface area contributed by atoms with Crippen molar-refractivity contribution >= 4 is 17.9 Å². The number of alkyl carbamates (subject to hydrolysis) is 1. The van der Waals surface area contributed by atoms with Gasteiger partial charge in [-0.1, -0.05) is 45.4 Å². The van der Waals surface area contributed by atoms with Gasteiger partial charge in [0, 0.05) is 17.6 Å². The number of ether oxygens (including phenoxy) is 1. The van der Waals surface area contributed by atoms with Gasteiger partial charge in [-0.3, -0.25) is 9.59 Å². The maximum Gasteiger partial charge on any atom is 0.408 e. The number of carbonyl (C=O) groups excluding carboxylic acids is 3. The van der Waals surface area contributed by atoms with Gasteiger partial charge in [0.1, 0.15) is 23.9 Å². The van der Waals surface area contributed by atoms with Crippen LogP contribution in [0.25, 0.3) is 0 Å². The lowest BCUT2D eigenvalue weighted by molar-refractivity contribution is -0.143. The Balaban J connectivity index is 3.44. The maximum atomic E-state index is 13.7. The number of hydrogen-bond acceptors (Lipinski definition) is 5. The topological polar surface area (TPSA) is 108 Å². The second-order valence-corrected chi connectivity index (χ2v) is 11.1. The third-order valence-corrected chi connectivity index (χ3v) is 5.91. The van der Waals surface area contributed by atoms with Crippen molar-refractivity contribution < 1.29 is 24.2 Å². The second-order valence-electron chi connectivity index (χ2n) is 11.1. The highest BCUT2D eigenvalue weighted by Gasteiger charge is 2.37. The van der Waals surface area contributed by atoms with Crippen LogP contribution in [0.15, 0.2) is 18.2 Å². The molecule has 8 heteroatoms. The smallest absolute Gasteiger partial charge is 0.408 e. The molecule has 0 saturated heterocycles. The summed E-state index contributed by atoms with van der Waals surface area (Å²) < 4.78 is 5.27. The Morgan fingerprint density at radius 1 is 1.06 bits per heavy atom. The number of aromatic hydroxyl groups is 1. The van der Waals surface area contributed by atoms with Crippen molar-refractivity contribution in [3.05, 3.63) is 29.3 Å². The number of aryl methyl sites for hydroxylation is 1. The predicted molar refractivity (Wildman–Crippen MR) is 143 cm³/mol. The van der Waals surface area contributed by atoms with Crippen LogP contribution >= 0.6 is 0 Å². The first kappa shape index (κ1) is 31.3. The van der Waals surface area contributed by atoms with E-state index in [1.54, 1.807) is 45.9 Å². The third kappa shape index (κ3) is 10.1. The summed E-state index contributed by atoms with van der Waals surface area (Å²) in [7, 11) is 0. The van der Waals surface area contributed by atoms with Crippen LogP contribution in [-0.2, 0) is 14.3 Å². The average molecular weight is 506 g/mol. The molecule has 0 aliphatic heterocycles. The molecule has 3 unspecified atom stereocenters. The van der Waals surface area contributed by atoms with Gasteiger partial charge in [0.15, 0.2) is 0 Å². The number of nitrogens with zero attached hydrogens (tertiary/aromatic N) is 1. The van der Waals surface area contributed by atoms with Crippen LogP contribution in [0, 0.1) is 12.8 Å². The molecule has 0 aliphatic rings. The molecular weight excluding hydrogens is 458 g/mol. The Labute approximate surface area is 217 Å². The van der Waals surface area contributed by atoms with Crippen LogP contribution in [0.2, 0.25) is 0 Å². The first-order valence-corrected chi connectivity index (χ1v) is 13.0. The SMILES string of the molecule is CCCC(C)NC(=O)C(c1cccc(C)c1O)N(C(=O)CNC(=O)OC(C)(C)C)C(C)CCC(C)C. The highest BCUT2D eigenvalue weighted by atomic mass is 16.6. The van der Waals surface area contributed by atoms with E-state index in [4.69, 9.17) is 4.74 Å². The molecule has 204 valence electrons. The fraction of sp³-hybridized carbons (Fsp3) is 0.679. The van der Waals surface area contributed by atoms with Gasteiger partial charge in [0.05, 0.1) is 0 Å². The monoisotopic (exact) mass is 505 g/mol. The summed E-state index contributed by atoms with van der Waals surface area (Å²) in [6.07, 6.45) is 2.49. The summed E-state index contributed by atoms with van der Waals surface area (Å²) in [5, 5.41) is 16.5. The number of benzene rings is 1. The fourth-order valence-corrected chi connectivity index (χ4v) is 4.06. The van der Waals surface area contributed by atoms with E-state index in [2.05, 4.69) is 24.5 Å². The Morgan fingerprint density at radius 2 is 1.69 bits per heavy atom. The largest absolute Gasteiger partial charge is 0.507 e. The van der Waals surface area contributed by atoms with Crippen molar-refractivity contribution in [2.45, 2.75) is 112 Å². The number of nitrogens with one attached hydrogen (secondary N) is 2. The van der Waals surface area contributed by atoms with Crippen LogP contribution in [0.4, 0.5) is 4.79 Å². The molecule has 36 heavy (non-hydrogen) atoms. The van der Waals surface area contributed by atoms with Gasteiger partial charge < -0.3 is 25.4 Å². The molecule has 3 amide bonds. The molecule has 0 heterocycles. The van der Waals surface area contributed by atoms with Gasteiger partial charge in [-0.25, -0.2) is 4.79 Å². The number of amides is 3. The minimum absolute atomic E-state index is 0.0187. The van der Waals surface area contributed by atoms with Crippen LogP contribution in [0.3, 0.4) is 0 Å². The van der Waals surface area contributed by atoms with Gasteiger partial charge in [0.2, 0.25) is 11.8 Å². The molecule has 8 nitrogen and oxygen atoms in total. The molecule has 0 spiro atoms. The molecule has 0 fully saturated rings.